The minimum atomic E-state index is 0.278. The fourth-order valence-electron chi connectivity index (χ4n) is 1.34. The van der Waals surface area contributed by atoms with E-state index in [2.05, 4.69) is 25.9 Å². The number of ether oxygens (including phenoxy) is 1. The van der Waals surface area contributed by atoms with E-state index in [0.717, 1.165) is 17.7 Å². The lowest BCUT2D eigenvalue weighted by molar-refractivity contribution is 0.243. The molecule has 3 heteroatoms. The summed E-state index contributed by atoms with van der Waals surface area (Å²) in [5.41, 5.74) is 1.74. The average molecular weight is 235 g/mol. The second-order valence-electron chi connectivity index (χ2n) is 5.37. The van der Waals surface area contributed by atoms with E-state index in [1.165, 1.54) is 0 Å². The molecule has 0 spiro atoms. The van der Waals surface area contributed by atoms with E-state index in [9.17, 15) is 0 Å². The van der Waals surface area contributed by atoms with Gasteiger partial charge >= 0.3 is 0 Å². The molecule has 0 heterocycles. The molecule has 0 aromatic heterocycles. The molecule has 94 valence electrons. The predicted octanol–water partition coefficient (Wildman–Crippen LogP) is 3.70. The molecule has 0 atom stereocenters. The van der Waals surface area contributed by atoms with Crippen LogP contribution in [0.1, 0.15) is 39.7 Å². The van der Waals surface area contributed by atoms with Crippen molar-refractivity contribution in [2.24, 2.45) is 10.6 Å². The Hall–Kier alpha value is -1.51. The van der Waals surface area contributed by atoms with E-state index in [1.54, 1.807) is 6.92 Å². The minimum Gasteiger partial charge on any atom is -0.494 e. The van der Waals surface area contributed by atoms with Crippen molar-refractivity contribution in [2.75, 3.05) is 6.61 Å². The molecule has 0 fully saturated rings. The summed E-state index contributed by atoms with van der Waals surface area (Å²) in [6.45, 7) is 9.02. The van der Waals surface area contributed by atoms with Gasteiger partial charge in [-0.3, -0.25) is 0 Å². The number of nitrogens with zero attached hydrogens (tertiary/aromatic N) is 1. The maximum atomic E-state index is 8.71. The van der Waals surface area contributed by atoms with E-state index in [4.69, 9.17) is 9.94 Å². The maximum absolute atomic E-state index is 8.71. The zero-order valence-electron chi connectivity index (χ0n) is 11.0. The van der Waals surface area contributed by atoms with Gasteiger partial charge < -0.3 is 9.94 Å². The second kappa shape index (κ2) is 5.71. The summed E-state index contributed by atoms with van der Waals surface area (Å²) in [5, 5.41) is 11.9. The molecule has 0 radical (unpaired) electrons. The van der Waals surface area contributed by atoms with Crippen LogP contribution in [0, 0.1) is 5.41 Å². The number of benzene rings is 1. The average Bonchev–Trinajstić information content (AvgIpc) is 2.27. The first kappa shape index (κ1) is 13.6. The van der Waals surface area contributed by atoms with Gasteiger partial charge in [0.1, 0.15) is 5.75 Å². The summed E-state index contributed by atoms with van der Waals surface area (Å²) < 4.78 is 5.68. The largest absolute Gasteiger partial charge is 0.494 e. The van der Waals surface area contributed by atoms with Gasteiger partial charge in [-0.15, -0.1) is 0 Å². The van der Waals surface area contributed by atoms with Gasteiger partial charge in [0, 0.05) is 5.56 Å². The molecule has 0 aliphatic carbocycles. The summed E-state index contributed by atoms with van der Waals surface area (Å²) in [6, 6.07) is 7.59. The molecule has 3 nitrogen and oxygen atoms in total. The third-order valence-electron chi connectivity index (χ3n) is 2.52. The van der Waals surface area contributed by atoms with E-state index < -0.39 is 0 Å². The highest BCUT2D eigenvalue weighted by Gasteiger charge is 2.10. The summed E-state index contributed by atoms with van der Waals surface area (Å²) in [4.78, 5) is 0. The van der Waals surface area contributed by atoms with Crippen LogP contribution in [-0.4, -0.2) is 17.5 Å². The Morgan fingerprint density at radius 3 is 2.65 bits per heavy atom. The highest BCUT2D eigenvalue weighted by atomic mass is 16.5. The fraction of sp³-hybridized carbons (Fsp3) is 0.500. The SMILES string of the molecule is C/C(=N\O)c1cccc(OCCC(C)(C)C)c1. The summed E-state index contributed by atoms with van der Waals surface area (Å²) in [5.74, 6) is 0.815. The third kappa shape index (κ3) is 4.89. The van der Waals surface area contributed by atoms with Crippen molar-refractivity contribution in [3.8, 4) is 5.75 Å². The Kier molecular flexibility index (Phi) is 4.55. The monoisotopic (exact) mass is 235 g/mol. The molecule has 17 heavy (non-hydrogen) atoms. The normalized spacial score (nSPS) is 12.6. The van der Waals surface area contributed by atoms with Gasteiger partial charge in [-0.25, -0.2) is 0 Å². The fourth-order valence-corrected chi connectivity index (χ4v) is 1.34. The molecule has 0 amide bonds. The van der Waals surface area contributed by atoms with Crippen LogP contribution in [0.2, 0.25) is 0 Å². The van der Waals surface area contributed by atoms with Gasteiger partial charge in [-0.05, 0) is 30.9 Å². The van der Waals surface area contributed by atoms with Crippen molar-refractivity contribution in [1.82, 2.24) is 0 Å². The van der Waals surface area contributed by atoms with Crippen LogP contribution in [0.3, 0.4) is 0 Å². The van der Waals surface area contributed by atoms with Gasteiger partial charge in [-0.1, -0.05) is 38.1 Å². The number of oxime groups is 1. The van der Waals surface area contributed by atoms with Crippen molar-refractivity contribution in [3.63, 3.8) is 0 Å². The quantitative estimate of drug-likeness (QED) is 0.491. The molecule has 0 bridgehead atoms. The lowest BCUT2D eigenvalue weighted by atomic mass is 9.93. The standard InChI is InChI=1S/C14H21NO2/c1-11(15-16)12-6-5-7-13(10-12)17-9-8-14(2,3)4/h5-7,10,16H,8-9H2,1-4H3/b15-11+. The molecular formula is C14H21NO2. The zero-order chi connectivity index (χ0) is 12.9. The molecule has 0 aliphatic heterocycles. The number of rotatable bonds is 4. The second-order valence-corrected chi connectivity index (χ2v) is 5.37. The van der Waals surface area contributed by atoms with Crippen molar-refractivity contribution >= 4 is 5.71 Å². The Bertz CT molecular complexity index is 391. The molecule has 0 saturated carbocycles. The summed E-state index contributed by atoms with van der Waals surface area (Å²) in [7, 11) is 0. The van der Waals surface area contributed by atoms with Crippen molar-refractivity contribution < 1.29 is 9.94 Å². The van der Waals surface area contributed by atoms with Crippen LogP contribution in [0.5, 0.6) is 5.75 Å². The molecule has 1 N–H and O–H groups in total. The van der Waals surface area contributed by atoms with Crippen LogP contribution < -0.4 is 4.74 Å². The van der Waals surface area contributed by atoms with Crippen LogP contribution in [0.4, 0.5) is 0 Å². The van der Waals surface area contributed by atoms with Gasteiger partial charge in [-0.2, -0.15) is 0 Å². The van der Waals surface area contributed by atoms with Gasteiger partial charge in [0.2, 0.25) is 0 Å². The lowest BCUT2D eigenvalue weighted by Crippen LogP contribution is -2.11. The molecular weight excluding hydrogens is 214 g/mol. The molecule has 1 aromatic carbocycles. The predicted molar refractivity (Wildman–Crippen MR) is 70.0 cm³/mol. The lowest BCUT2D eigenvalue weighted by Gasteiger charge is -2.18. The van der Waals surface area contributed by atoms with E-state index in [1.807, 2.05) is 24.3 Å². The van der Waals surface area contributed by atoms with E-state index in [-0.39, 0.29) is 5.41 Å². The van der Waals surface area contributed by atoms with Gasteiger partial charge in [0.25, 0.3) is 0 Å². The Labute approximate surface area is 103 Å². The molecule has 0 aliphatic rings. The first-order valence-electron chi connectivity index (χ1n) is 5.84. The van der Waals surface area contributed by atoms with Gasteiger partial charge in [0.05, 0.1) is 12.3 Å². The Morgan fingerprint density at radius 2 is 2.06 bits per heavy atom. The summed E-state index contributed by atoms with van der Waals surface area (Å²) in [6.07, 6.45) is 1.00. The van der Waals surface area contributed by atoms with Crippen molar-refractivity contribution in [2.45, 2.75) is 34.1 Å². The highest BCUT2D eigenvalue weighted by Crippen LogP contribution is 2.20. The van der Waals surface area contributed by atoms with E-state index in [0.29, 0.717) is 12.3 Å². The molecule has 0 saturated heterocycles. The van der Waals surface area contributed by atoms with Crippen LogP contribution in [0.15, 0.2) is 29.4 Å². The third-order valence-corrected chi connectivity index (χ3v) is 2.52. The summed E-state index contributed by atoms with van der Waals surface area (Å²) >= 11 is 0. The Morgan fingerprint density at radius 1 is 1.35 bits per heavy atom. The number of hydrogen-bond acceptors (Lipinski definition) is 3. The highest BCUT2D eigenvalue weighted by molar-refractivity contribution is 5.98. The van der Waals surface area contributed by atoms with Crippen LogP contribution in [0.25, 0.3) is 0 Å². The van der Waals surface area contributed by atoms with Crippen molar-refractivity contribution in [3.05, 3.63) is 29.8 Å². The maximum Gasteiger partial charge on any atom is 0.119 e. The van der Waals surface area contributed by atoms with Gasteiger partial charge in [0.15, 0.2) is 0 Å². The number of hydrogen-bond donors (Lipinski definition) is 1. The molecule has 0 unspecified atom stereocenters. The first-order valence-corrected chi connectivity index (χ1v) is 5.84. The molecule has 1 rings (SSSR count). The van der Waals surface area contributed by atoms with E-state index >= 15 is 0 Å². The zero-order valence-corrected chi connectivity index (χ0v) is 11.0. The van der Waals surface area contributed by atoms with Crippen molar-refractivity contribution in [1.29, 1.82) is 0 Å². The topological polar surface area (TPSA) is 41.8 Å². The minimum absolute atomic E-state index is 0.278. The van der Waals surface area contributed by atoms with Crippen LogP contribution in [-0.2, 0) is 0 Å². The first-order chi connectivity index (χ1) is 7.92. The molecule has 1 aromatic rings. The Balaban J connectivity index is 2.61. The van der Waals surface area contributed by atoms with Crippen LogP contribution >= 0.6 is 0 Å². The smallest absolute Gasteiger partial charge is 0.119 e.